The van der Waals surface area contributed by atoms with E-state index in [1.54, 1.807) is 6.07 Å². The highest BCUT2D eigenvalue weighted by Gasteiger charge is 2.23. The molecule has 3 aromatic carbocycles. The second-order valence-corrected chi connectivity index (χ2v) is 8.18. The Morgan fingerprint density at radius 3 is 2.52 bits per heavy atom. The molecule has 1 aliphatic heterocycles. The number of aromatic amines is 1. The monoisotopic (exact) mass is 444 g/mol. The maximum absolute atomic E-state index is 13.9. The van der Waals surface area contributed by atoms with Crippen LogP contribution in [0.3, 0.4) is 0 Å². The molecule has 33 heavy (non-hydrogen) atoms. The third-order valence-corrected chi connectivity index (χ3v) is 5.91. The maximum atomic E-state index is 13.9. The molecule has 1 aliphatic rings. The zero-order valence-corrected chi connectivity index (χ0v) is 18.2. The lowest BCUT2D eigenvalue weighted by atomic mass is 10.1. The van der Waals surface area contributed by atoms with Gasteiger partial charge in [0.05, 0.1) is 11.0 Å². The van der Waals surface area contributed by atoms with E-state index in [0.29, 0.717) is 56.3 Å². The van der Waals surface area contributed by atoms with Crippen LogP contribution in [-0.2, 0) is 13.2 Å². The number of halogens is 1. The molecule has 1 saturated heterocycles. The number of imidazole rings is 1. The van der Waals surface area contributed by atoms with E-state index < -0.39 is 0 Å². The van der Waals surface area contributed by atoms with Crippen molar-refractivity contribution >= 4 is 16.9 Å². The number of hydrogen-bond acceptors (Lipinski definition) is 4. The van der Waals surface area contributed by atoms with Crippen LogP contribution in [0, 0.1) is 5.82 Å². The van der Waals surface area contributed by atoms with Crippen molar-refractivity contribution in [1.29, 1.82) is 0 Å². The van der Waals surface area contributed by atoms with E-state index in [-0.39, 0.29) is 11.7 Å². The highest BCUT2D eigenvalue weighted by molar-refractivity contribution is 5.97. The Balaban J connectivity index is 1.20. The first kappa shape index (κ1) is 21.2. The largest absolute Gasteiger partial charge is 0.486 e. The van der Waals surface area contributed by atoms with Crippen LogP contribution in [0.5, 0.6) is 5.75 Å². The van der Waals surface area contributed by atoms with Crippen LogP contribution in [0.25, 0.3) is 11.0 Å². The average Bonchev–Trinajstić information content (AvgIpc) is 3.27. The number of nitrogens with zero attached hydrogens (tertiary/aromatic N) is 3. The van der Waals surface area contributed by atoms with E-state index in [9.17, 15) is 9.18 Å². The fourth-order valence-corrected chi connectivity index (χ4v) is 4.09. The highest BCUT2D eigenvalue weighted by Crippen LogP contribution is 2.19. The second kappa shape index (κ2) is 9.42. The third-order valence-electron chi connectivity index (χ3n) is 5.91. The standard InChI is InChI=1S/C26H25FN4O2/c27-22-9-5-4-6-20(22)17-30-12-14-31(15-13-30)26(32)19-10-11-23-24(16-19)29-25(28-23)18-33-21-7-2-1-3-8-21/h1-11,16H,12-15,17-18H2,(H,28,29). The van der Waals surface area contributed by atoms with Crippen LogP contribution in [0.15, 0.2) is 72.8 Å². The molecule has 1 fully saturated rings. The fraction of sp³-hybridized carbons (Fsp3) is 0.231. The molecule has 0 aliphatic carbocycles. The summed E-state index contributed by atoms with van der Waals surface area (Å²) in [6.07, 6.45) is 0. The zero-order valence-electron chi connectivity index (χ0n) is 18.2. The van der Waals surface area contributed by atoms with E-state index in [4.69, 9.17) is 4.74 Å². The molecule has 1 N–H and O–H groups in total. The number of rotatable bonds is 6. The smallest absolute Gasteiger partial charge is 0.254 e. The van der Waals surface area contributed by atoms with Crippen molar-refractivity contribution in [2.45, 2.75) is 13.2 Å². The summed E-state index contributed by atoms with van der Waals surface area (Å²) in [6, 6.07) is 22.0. The topological polar surface area (TPSA) is 61.5 Å². The van der Waals surface area contributed by atoms with Gasteiger partial charge in [-0.3, -0.25) is 9.69 Å². The summed E-state index contributed by atoms with van der Waals surface area (Å²) in [5.41, 5.74) is 2.93. The van der Waals surface area contributed by atoms with Gasteiger partial charge in [0.2, 0.25) is 0 Å². The molecule has 2 heterocycles. The Kier molecular flexibility index (Phi) is 6.04. The summed E-state index contributed by atoms with van der Waals surface area (Å²) in [7, 11) is 0. The summed E-state index contributed by atoms with van der Waals surface area (Å²) in [5, 5.41) is 0. The van der Waals surface area contributed by atoms with Crippen molar-refractivity contribution in [2.24, 2.45) is 0 Å². The third kappa shape index (κ3) is 4.88. The van der Waals surface area contributed by atoms with E-state index in [0.717, 1.165) is 16.8 Å². The predicted molar refractivity (Wildman–Crippen MR) is 124 cm³/mol. The van der Waals surface area contributed by atoms with Crippen LogP contribution >= 0.6 is 0 Å². The number of para-hydroxylation sites is 1. The lowest BCUT2D eigenvalue weighted by molar-refractivity contribution is 0.0627. The molecule has 1 amide bonds. The van der Waals surface area contributed by atoms with E-state index in [1.807, 2.05) is 65.6 Å². The molecule has 0 atom stereocenters. The Bertz CT molecular complexity index is 1250. The molecular formula is C26H25FN4O2. The molecule has 5 rings (SSSR count). The van der Waals surface area contributed by atoms with Gasteiger partial charge in [-0.25, -0.2) is 9.37 Å². The van der Waals surface area contributed by atoms with Gasteiger partial charge >= 0.3 is 0 Å². The van der Waals surface area contributed by atoms with Crippen LogP contribution < -0.4 is 4.74 Å². The molecule has 1 aromatic heterocycles. The number of benzene rings is 3. The number of H-pyrrole nitrogens is 1. The van der Waals surface area contributed by atoms with Gasteiger partial charge in [0.15, 0.2) is 0 Å². The van der Waals surface area contributed by atoms with Gasteiger partial charge in [-0.15, -0.1) is 0 Å². The van der Waals surface area contributed by atoms with Crippen LogP contribution in [-0.4, -0.2) is 51.9 Å². The van der Waals surface area contributed by atoms with Crippen molar-refractivity contribution < 1.29 is 13.9 Å². The minimum Gasteiger partial charge on any atom is -0.486 e. The van der Waals surface area contributed by atoms with Gasteiger partial charge < -0.3 is 14.6 Å². The Morgan fingerprint density at radius 1 is 0.970 bits per heavy atom. The minimum atomic E-state index is -0.183. The van der Waals surface area contributed by atoms with Crippen molar-refractivity contribution in [3.8, 4) is 5.75 Å². The van der Waals surface area contributed by atoms with Crippen LogP contribution in [0.4, 0.5) is 4.39 Å². The molecule has 0 radical (unpaired) electrons. The summed E-state index contributed by atoms with van der Waals surface area (Å²) < 4.78 is 19.7. The quantitative estimate of drug-likeness (QED) is 0.483. The van der Waals surface area contributed by atoms with Crippen LogP contribution in [0.2, 0.25) is 0 Å². The number of ether oxygens (including phenoxy) is 1. The molecule has 4 aromatic rings. The number of hydrogen-bond donors (Lipinski definition) is 1. The average molecular weight is 445 g/mol. The first-order valence-corrected chi connectivity index (χ1v) is 11.1. The second-order valence-electron chi connectivity index (χ2n) is 8.18. The van der Waals surface area contributed by atoms with Crippen LogP contribution in [0.1, 0.15) is 21.7 Å². The lowest BCUT2D eigenvalue weighted by Crippen LogP contribution is -2.48. The van der Waals surface area contributed by atoms with Crippen molar-refractivity contribution in [2.75, 3.05) is 26.2 Å². The molecule has 0 saturated carbocycles. The normalized spacial score (nSPS) is 14.5. The number of amides is 1. The molecule has 168 valence electrons. The van der Waals surface area contributed by atoms with Crippen molar-refractivity contribution in [1.82, 2.24) is 19.8 Å². The highest BCUT2D eigenvalue weighted by atomic mass is 19.1. The van der Waals surface area contributed by atoms with Crippen molar-refractivity contribution in [3.05, 3.63) is 95.6 Å². The molecule has 0 unspecified atom stereocenters. The molecule has 0 spiro atoms. The Hall–Kier alpha value is -3.71. The number of piperazine rings is 1. The molecule has 7 heteroatoms. The minimum absolute atomic E-state index is 0.000808. The van der Waals surface area contributed by atoms with Gasteiger partial charge in [-0.05, 0) is 36.4 Å². The van der Waals surface area contributed by atoms with E-state index in [2.05, 4.69) is 14.9 Å². The van der Waals surface area contributed by atoms with E-state index >= 15 is 0 Å². The SMILES string of the molecule is O=C(c1ccc2nc(COc3ccccc3)[nH]c2c1)N1CCN(Cc2ccccc2F)CC1. The summed E-state index contributed by atoms with van der Waals surface area (Å²) in [6.45, 7) is 3.55. The Labute approximate surface area is 191 Å². The van der Waals surface area contributed by atoms with Gasteiger partial charge in [0.1, 0.15) is 24.0 Å². The maximum Gasteiger partial charge on any atom is 0.254 e. The Morgan fingerprint density at radius 2 is 1.73 bits per heavy atom. The zero-order chi connectivity index (χ0) is 22.6. The summed E-state index contributed by atoms with van der Waals surface area (Å²) in [4.78, 5) is 24.9. The lowest BCUT2D eigenvalue weighted by Gasteiger charge is -2.34. The van der Waals surface area contributed by atoms with Gasteiger partial charge in [0.25, 0.3) is 5.91 Å². The van der Waals surface area contributed by atoms with E-state index in [1.165, 1.54) is 6.07 Å². The van der Waals surface area contributed by atoms with Gasteiger partial charge in [-0.1, -0.05) is 36.4 Å². The number of carbonyl (C=O) groups excluding carboxylic acids is 1. The predicted octanol–water partition coefficient (Wildman–Crippen LogP) is 4.24. The first-order valence-electron chi connectivity index (χ1n) is 11.1. The fourth-order valence-electron chi connectivity index (χ4n) is 4.09. The molecule has 0 bridgehead atoms. The number of aromatic nitrogens is 2. The summed E-state index contributed by atoms with van der Waals surface area (Å²) in [5.74, 6) is 1.31. The molecular weight excluding hydrogens is 419 g/mol. The summed E-state index contributed by atoms with van der Waals surface area (Å²) >= 11 is 0. The van der Waals surface area contributed by atoms with Gasteiger partial charge in [0, 0.05) is 43.9 Å². The van der Waals surface area contributed by atoms with Gasteiger partial charge in [-0.2, -0.15) is 0 Å². The van der Waals surface area contributed by atoms with Crippen molar-refractivity contribution in [3.63, 3.8) is 0 Å². The number of fused-ring (bicyclic) bond motifs is 1. The molecule has 6 nitrogen and oxygen atoms in total. The number of carbonyl (C=O) groups is 1. The number of nitrogens with one attached hydrogen (secondary N) is 1. The first-order chi connectivity index (χ1) is 16.2.